The summed E-state index contributed by atoms with van der Waals surface area (Å²) in [5.41, 5.74) is 3.38. The molecule has 0 atom stereocenters. The number of para-hydroxylation sites is 1. The number of hydrogen-bond acceptors (Lipinski definition) is 8. The van der Waals surface area contributed by atoms with Gasteiger partial charge >= 0.3 is 14.8 Å². The Kier molecular flexibility index (Phi) is 5.42. The second-order valence-corrected chi connectivity index (χ2v) is 11.5. The molecule has 6 aromatic rings. The van der Waals surface area contributed by atoms with Crippen LogP contribution in [-0.2, 0) is 0 Å². The van der Waals surface area contributed by atoms with Gasteiger partial charge in [0.15, 0.2) is 5.06 Å². The topological polar surface area (TPSA) is 74.8 Å². The van der Waals surface area contributed by atoms with Gasteiger partial charge in [-0.1, -0.05) is 35.6 Å². The Hall–Kier alpha value is -2.37. The lowest BCUT2D eigenvalue weighted by Gasteiger charge is -2.05. The molecular weight excluding hydrogens is 492 g/mol. The molecule has 0 saturated carbocycles. The van der Waals surface area contributed by atoms with Gasteiger partial charge in [0.05, 0.1) is 20.4 Å². The van der Waals surface area contributed by atoms with Gasteiger partial charge in [0, 0.05) is 30.0 Å². The molecule has 5 heterocycles. The smallest absolute Gasteiger partial charge is 0.530 e. The number of hydrogen-bond donors (Lipinski definition) is 3. The number of thiophene rings is 4. The number of nitrogens with zero attached hydrogens (tertiary/aromatic N) is 1. The zero-order valence-electron chi connectivity index (χ0n) is 16.8. The van der Waals surface area contributed by atoms with Gasteiger partial charge in [-0.25, -0.2) is 0 Å². The molecule has 0 amide bonds. The molecule has 0 fully saturated rings. The molecule has 161 valence electrons. The van der Waals surface area contributed by atoms with Crippen LogP contribution in [0.25, 0.3) is 45.6 Å². The maximum Gasteiger partial charge on any atom is 0.569 e. The van der Waals surface area contributed by atoms with Crippen LogP contribution in [0.4, 0.5) is 0 Å². The second kappa shape index (κ2) is 8.44. The monoisotopic (exact) mass is 506 g/mol. The number of aromatic nitrogens is 1. The average Bonchev–Trinajstić information content (AvgIpc) is 3.60. The molecule has 6 rings (SSSR count). The van der Waals surface area contributed by atoms with Crippen molar-refractivity contribution in [3.8, 4) is 30.3 Å². The highest BCUT2D eigenvalue weighted by Crippen LogP contribution is 2.48. The Morgan fingerprint density at radius 3 is 1.97 bits per heavy atom. The van der Waals surface area contributed by atoms with E-state index in [2.05, 4.69) is 28.8 Å². The minimum Gasteiger partial charge on any atom is -0.530 e. The van der Waals surface area contributed by atoms with Crippen molar-refractivity contribution >= 4 is 85.4 Å². The van der Waals surface area contributed by atoms with E-state index in [-0.39, 0.29) is 0 Å². The Morgan fingerprint density at radius 2 is 1.36 bits per heavy atom. The summed E-state index contributed by atoms with van der Waals surface area (Å²) < 4.78 is 10.4. The van der Waals surface area contributed by atoms with Crippen molar-refractivity contribution in [2.24, 2.45) is 0 Å². The highest BCUT2D eigenvalue weighted by atomic mass is 32.1. The molecule has 1 radical (unpaired) electrons. The van der Waals surface area contributed by atoms with Gasteiger partial charge in [0.2, 0.25) is 0 Å². The van der Waals surface area contributed by atoms with Crippen molar-refractivity contribution in [2.45, 2.75) is 0 Å². The maximum absolute atomic E-state index is 9.51. The molecule has 0 aliphatic carbocycles. The van der Waals surface area contributed by atoms with Crippen LogP contribution in [0.2, 0.25) is 0 Å². The van der Waals surface area contributed by atoms with Gasteiger partial charge in [0.1, 0.15) is 0 Å². The maximum atomic E-state index is 9.51. The lowest BCUT2D eigenvalue weighted by Crippen LogP contribution is -2.26. The fraction of sp³-hybridized carbons (Fsp3) is 0. The normalized spacial score (nSPS) is 11.5. The third-order valence-electron chi connectivity index (χ3n) is 5.24. The van der Waals surface area contributed by atoms with Crippen LogP contribution in [0.5, 0.6) is 5.06 Å². The summed E-state index contributed by atoms with van der Waals surface area (Å²) in [6, 6.07) is 22.3. The van der Waals surface area contributed by atoms with E-state index in [1.54, 1.807) is 28.7 Å². The van der Waals surface area contributed by atoms with Crippen LogP contribution in [0.15, 0.2) is 66.7 Å². The molecule has 3 N–H and O–H groups in total. The van der Waals surface area contributed by atoms with Crippen LogP contribution in [-0.4, -0.2) is 34.4 Å². The molecule has 0 bridgehead atoms. The molecule has 11 heteroatoms. The van der Waals surface area contributed by atoms with Gasteiger partial charge in [-0.3, -0.25) is 0 Å². The van der Waals surface area contributed by atoms with Gasteiger partial charge in [0.25, 0.3) is 0 Å². The van der Waals surface area contributed by atoms with Gasteiger partial charge in [-0.2, -0.15) is 0 Å². The predicted octanol–water partition coefficient (Wildman–Crippen LogP) is 4.95. The summed E-state index contributed by atoms with van der Waals surface area (Å²) >= 11 is 6.35. The highest BCUT2D eigenvalue weighted by Gasteiger charge is 2.21. The van der Waals surface area contributed by atoms with Crippen LogP contribution < -0.4 is 9.43 Å². The van der Waals surface area contributed by atoms with Gasteiger partial charge < -0.3 is 24.3 Å². The Bertz CT molecular complexity index is 1580. The first-order valence-electron chi connectivity index (χ1n) is 9.94. The first kappa shape index (κ1) is 21.2. The van der Waals surface area contributed by atoms with E-state index in [9.17, 15) is 10.0 Å². The number of benzene rings is 1. The van der Waals surface area contributed by atoms with Gasteiger partial charge in [-0.05, 0) is 42.5 Å². The van der Waals surface area contributed by atoms with Crippen molar-refractivity contribution in [3.05, 3.63) is 66.7 Å². The highest BCUT2D eigenvalue weighted by molar-refractivity contribution is 7.33. The standard InChI is InChI=1S/C22H14B2NO4S4/c26-23-29-20-9-7-16(31-20)18-11-14-22(33-18)21-13(25(14)12-4-2-1-3-5-12)10-17(32-21)15-6-8-19(30-15)24(27)28/h1-11,26-28H. The molecule has 0 unspecified atom stereocenters. The largest absolute Gasteiger partial charge is 0.569 e. The van der Waals surface area contributed by atoms with Crippen molar-refractivity contribution in [1.82, 2.24) is 4.57 Å². The first-order valence-corrected chi connectivity index (χ1v) is 13.2. The van der Waals surface area contributed by atoms with E-state index in [1.807, 2.05) is 36.4 Å². The summed E-state index contributed by atoms with van der Waals surface area (Å²) in [6.07, 6.45) is 0. The van der Waals surface area contributed by atoms with E-state index in [0.717, 1.165) is 36.2 Å². The number of rotatable bonds is 6. The molecule has 5 aromatic heterocycles. The summed E-state index contributed by atoms with van der Waals surface area (Å²) in [6.45, 7) is 0. The van der Waals surface area contributed by atoms with E-state index >= 15 is 0 Å². The molecule has 0 aliphatic rings. The Morgan fingerprint density at radius 1 is 0.727 bits per heavy atom. The van der Waals surface area contributed by atoms with Crippen molar-refractivity contribution in [3.63, 3.8) is 0 Å². The summed E-state index contributed by atoms with van der Waals surface area (Å²) in [4.78, 5) is 4.34. The molecule has 1 aromatic carbocycles. The van der Waals surface area contributed by atoms with E-state index < -0.39 is 7.12 Å². The second-order valence-electron chi connectivity index (χ2n) is 7.24. The molecule has 5 nitrogen and oxygen atoms in total. The SMILES string of the molecule is O[B]Oc1ccc(-c2cc3c(s2)c2sc(-c4ccc(B(O)O)s4)cc2n3-c2ccccc2)s1. The minimum atomic E-state index is -1.45. The third-order valence-corrected chi connectivity index (χ3v) is 10.2. The Balaban J connectivity index is 1.55. The lowest BCUT2D eigenvalue weighted by molar-refractivity contribution is 0.427. The molecular formula is C22H14B2NO4S4. The fourth-order valence-electron chi connectivity index (χ4n) is 3.84. The molecule has 0 saturated heterocycles. The van der Waals surface area contributed by atoms with Crippen LogP contribution in [0, 0.1) is 0 Å². The fourth-order valence-corrected chi connectivity index (χ4v) is 8.14. The quantitative estimate of drug-likeness (QED) is 0.280. The van der Waals surface area contributed by atoms with Crippen molar-refractivity contribution in [2.75, 3.05) is 0 Å². The van der Waals surface area contributed by atoms with Crippen LogP contribution in [0.3, 0.4) is 0 Å². The zero-order valence-corrected chi connectivity index (χ0v) is 20.1. The number of fused-ring (bicyclic) bond motifs is 3. The zero-order chi connectivity index (χ0) is 22.5. The predicted molar refractivity (Wildman–Crippen MR) is 142 cm³/mol. The van der Waals surface area contributed by atoms with Crippen molar-refractivity contribution in [1.29, 1.82) is 0 Å². The van der Waals surface area contributed by atoms with Crippen molar-refractivity contribution < 1.29 is 19.7 Å². The Labute approximate surface area is 205 Å². The molecule has 33 heavy (non-hydrogen) atoms. The lowest BCUT2D eigenvalue weighted by atomic mass is 9.90. The third kappa shape index (κ3) is 3.66. The average molecular weight is 506 g/mol. The summed E-state index contributed by atoms with van der Waals surface area (Å²) in [5.74, 6) is 0. The van der Waals surface area contributed by atoms with Gasteiger partial charge in [-0.15, -0.1) is 34.0 Å². The van der Waals surface area contributed by atoms with E-state index in [0.29, 0.717) is 17.5 Å². The van der Waals surface area contributed by atoms with E-state index in [4.69, 9.17) is 9.68 Å². The minimum absolute atomic E-state index is 0.536. The molecule has 0 spiro atoms. The van der Waals surface area contributed by atoms with E-state index in [1.165, 1.54) is 32.1 Å². The molecule has 0 aliphatic heterocycles. The van der Waals surface area contributed by atoms with Crippen LogP contribution in [0.1, 0.15) is 0 Å². The van der Waals surface area contributed by atoms with Crippen LogP contribution >= 0.6 is 45.3 Å². The summed E-state index contributed by atoms with van der Waals surface area (Å²) in [7, 11) is -0.752. The first-order chi connectivity index (χ1) is 16.1. The summed E-state index contributed by atoms with van der Waals surface area (Å²) in [5, 5.41) is 28.6.